The Kier molecular flexibility index (Phi) is 25.3. The second kappa shape index (κ2) is 33.2. The van der Waals surface area contributed by atoms with E-state index in [1.54, 1.807) is 7.05 Å². The summed E-state index contributed by atoms with van der Waals surface area (Å²) in [7, 11) is 1.56. The van der Waals surface area contributed by atoms with Gasteiger partial charge in [0.2, 0.25) is 0 Å². The second-order valence-corrected chi connectivity index (χ2v) is 28.6. The predicted molar refractivity (Wildman–Crippen MR) is 334 cm³/mol. The molecule has 0 aliphatic heterocycles. The van der Waals surface area contributed by atoms with E-state index in [0.29, 0.717) is 61.1 Å². The average molecular weight is 1170 g/mol. The van der Waals surface area contributed by atoms with Crippen LogP contribution in [0, 0.1) is 47.3 Å². The summed E-state index contributed by atoms with van der Waals surface area (Å²) in [5.74, 6) is 5.71. The van der Waals surface area contributed by atoms with E-state index in [4.69, 9.17) is 29.4 Å². The monoisotopic (exact) mass is 1170 g/mol. The Morgan fingerprint density at radius 1 is 0.393 bits per heavy atom. The van der Waals surface area contributed by atoms with Crippen molar-refractivity contribution in [1.82, 2.24) is 24.3 Å². The van der Waals surface area contributed by atoms with Gasteiger partial charge in [-0.1, -0.05) is 26.7 Å². The molecule has 16 heteroatoms. The quantitative estimate of drug-likeness (QED) is 0.0852. The molecule has 84 heavy (non-hydrogen) atoms. The highest BCUT2D eigenvalue weighted by Gasteiger charge is 2.35. The van der Waals surface area contributed by atoms with Gasteiger partial charge in [-0.3, -0.25) is 0 Å². The average Bonchev–Trinajstić information content (AvgIpc) is 1.77. The summed E-state index contributed by atoms with van der Waals surface area (Å²) >= 11 is 0. The lowest BCUT2D eigenvalue weighted by molar-refractivity contribution is 0.133. The van der Waals surface area contributed by atoms with Crippen LogP contribution in [0.2, 0.25) is 0 Å². The van der Waals surface area contributed by atoms with Crippen LogP contribution >= 0.6 is 0 Å². The van der Waals surface area contributed by atoms with Crippen LogP contribution < -0.4 is 27.7 Å². The molecule has 470 valence electrons. The maximum Gasteiger partial charge on any atom is 0.407 e. The lowest BCUT2D eigenvalue weighted by Gasteiger charge is -2.35. The molecule has 8 fully saturated rings. The molecule has 9 rings (SSSR count). The van der Waals surface area contributed by atoms with Crippen LogP contribution in [0.1, 0.15) is 283 Å². The number of amides is 2. The molecule has 1 aromatic heterocycles. The van der Waals surface area contributed by atoms with E-state index < -0.39 is 11.4 Å². The Balaban J connectivity index is 0.622. The number of hydrogen-bond acceptors (Lipinski definition) is 11. The van der Waals surface area contributed by atoms with Gasteiger partial charge in [0, 0.05) is 31.2 Å². The van der Waals surface area contributed by atoms with Crippen LogP contribution in [0.15, 0.2) is 34.4 Å². The van der Waals surface area contributed by atoms with Gasteiger partial charge >= 0.3 is 29.3 Å². The van der Waals surface area contributed by atoms with E-state index in [0.717, 1.165) is 178 Å². The first-order valence-corrected chi connectivity index (χ1v) is 35.1. The van der Waals surface area contributed by atoms with Gasteiger partial charge in [0.1, 0.15) is 0 Å². The van der Waals surface area contributed by atoms with Gasteiger partial charge in [0.25, 0.3) is 0 Å². The molecule has 0 aromatic carbocycles. The lowest BCUT2D eigenvalue weighted by Crippen LogP contribution is -2.56. The Labute approximate surface area is 503 Å². The van der Waals surface area contributed by atoms with Gasteiger partial charge in [0.15, 0.2) is 0 Å². The molecule has 8 aliphatic rings. The van der Waals surface area contributed by atoms with Crippen molar-refractivity contribution >= 4 is 24.2 Å². The van der Waals surface area contributed by atoms with E-state index in [9.17, 15) is 24.0 Å². The number of carbonyl (C=O) groups is 2. The van der Waals surface area contributed by atoms with Crippen molar-refractivity contribution in [3.8, 4) is 0 Å². The molecule has 0 bridgehead atoms. The molecule has 8 aliphatic carbocycles. The third kappa shape index (κ3) is 19.4. The van der Waals surface area contributed by atoms with Crippen molar-refractivity contribution in [2.75, 3.05) is 13.2 Å². The maximum atomic E-state index is 14.3. The normalized spacial score (nSPS) is 33.9. The van der Waals surface area contributed by atoms with Crippen LogP contribution in [-0.4, -0.2) is 87.4 Å². The van der Waals surface area contributed by atoms with Crippen molar-refractivity contribution in [1.29, 1.82) is 0 Å². The van der Waals surface area contributed by atoms with Crippen molar-refractivity contribution in [2.24, 2.45) is 74.4 Å². The molecule has 1 heterocycles. The fraction of sp³-hybridized carbons (Fsp3) is 0.897. The van der Waals surface area contributed by atoms with Crippen LogP contribution in [0.3, 0.4) is 0 Å². The Bertz CT molecular complexity index is 2320. The molecule has 0 radical (unpaired) electrons. The number of alkyl carbamates (subject to hydrolysis) is 2. The zero-order chi connectivity index (χ0) is 58.6. The number of aliphatic imine (C=N–C) groups is 4. The number of aromatic nitrogens is 3. The highest BCUT2D eigenvalue weighted by atomic mass is 16.6. The van der Waals surface area contributed by atoms with Crippen molar-refractivity contribution in [3.63, 3.8) is 0 Å². The SMILES string of the molecule is CCCCOC(=O)NC1CCC(CC2CCC(N=C=NC3CCC(CC4CCC(n5c(=O)n(C)c(=O)n(C6CCC(CC7CCC(N=C=NC8CCC(CC9CCC(NC(=O)OCCCC)CC9)CC8)CC7)CC6)c5=O)CC4)CC3)CC2)CC1. The fourth-order valence-electron chi connectivity index (χ4n) is 17.0. The van der Waals surface area contributed by atoms with Gasteiger partial charge in [-0.2, -0.15) is 0 Å². The van der Waals surface area contributed by atoms with Crippen molar-refractivity contribution in [3.05, 3.63) is 31.5 Å². The summed E-state index contributed by atoms with van der Waals surface area (Å²) in [5.41, 5.74) is -1.29. The van der Waals surface area contributed by atoms with Gasteiger partial charge in [0.05, 0.1) is 49.4 Å². The number of nitrogens with zero attached hydrogens (tertiary/aromatic N) is 7. The summed E-state index contributed by atoms with van der Waals surface area (Å²) < 4.78 is 14.7. The largest absolute Gasteiger partial charge is 0.450 e. The van der Waals surface area contributed by atoms with Gasteiger partial charge in [-0.25, -0.2) is 57.6 Å². The van der Waals surface area contributed by atoms with E-state index in [-0.39, 0.29) is 42.0 Å². The number of rotatable bonds is 22. The van der Waals surface area contributed by atoms with E-state index >= 15 is 0 Å². The summed E-state index contributed by atoms with van der Waals surface area (Å²) in [6, 6.07) is 7.90. The van der Waals surface area contributed by atoms with E-state index in [2.05, 4.69) is 36.5 Å². The zero-order valence-corrected chi connectivity index (χ0v) is 52.4. The van der Waals surface area contributed by atoms with Gasteiger partial charge in [-0.05, 0) is 291 Å². The molecule has 8 saturated carbocycles. The number of ether oxygens (including phenoxy) is 2. The van der Waals surface area contributed by atoms with Crippen LogP contribution in [-0.2, 0) is 16.5 Å². The fourth-order valence-corrected chi connectivity index (χ4v) is 17.0. The Morgan fingerprint density at radius 2 is 0.643 bits per heavy atom. The molecule has 1 aromatic rings. The summed E-state index contributed by atoms with van der Waals surface area (Å²) in [6.45, 7) is 5.23. The zero-order valence-electron chi connectivity index (χ0n) is 52.4. The first-order chi connectivity index (χ1) is 41.0. The van der Waals surface area contributed by atoms with Crippen LogP contribution in [0.25, 0.3) is 0 Å². The van der Waals surface area contributed by atoms with E-state index in [1.807, 2.05) is 0 Å². The number of nitrogens with one attached hydrogen (secondary N) is 2. The van der Waals surface area contributed by atoms with Crippen molar-refractivity contribution < 1.29 is 19.1 Å². The minimum Gasteiger partial charge on any atom is -0.450 e. The van der Waals surface area contributed by atoms with Gasteiger partial charge < -0.3 is 20.1 Å². The second-order valence-electron chi connectivity index (χ2n) is 28.6. The predicted octanol–water partition coefficient (Wildman–Crippen LogP) is 14.5. The Morgan fingerprint density at radius 3 is 0.905 bits per heavy atom. The molecule has 0 atom stereocenters. The van der Waals surface area contributed by atoms with Crippen LogP contribution in [0.4, 0.5) is 9.59 Å². The molecule has 0 saturated heterocycles. The topological polar surface area (TPSA) is 192 Å². The number of hydrogen-bond donors (Lipinski definition) is 2. The highest BCUT2D eigenvalue weighted by Crippen LogP contribution is 2.42. The standard InChI is InChI=1S/C68H111N9O7/c1-4-6-40-83-64(78)73-60-32-16-52(17-33-60)42-48-8-24-56(25-9-48)69-46-71-58-28-12-50(13-29-58)44-54-20-36-62(37-21-54)76-66(80)75(3)67(81)77(68(76)82)63-38-22-55(23-39-63)45-51-14-30-59(31-15-51)72-47-70-57-26-10-49(11-27-57)43-53-18-34-61(35-19-53)74-65(79)84-41-7-5-2/h48-63H,4-45H2,1-3H3,(H,73,78)(H,74,79). The van der Waals surface area contributed by atoms with Crippen molar-refractivity contribution in [2.45, 2.75) is 319 Å². The number of unbranched alkanes of at least 4 members (excludes halogenated alkanes) is 2. The van der Waals surface area contributed by atoms with E-state index in [1.165, 1.54) is 116 Å². The Hall–Kier alpha value is -4.29. The molecule has 0 unspecified atom stereocenters. The molecule has 2 amide bonds. The molecular formula is C68H111N9O7. The smallest absolute Gasteiger partial charge is 0.407 e. The first kappa shape index (κ1) is 64.2. The van der Waals surface area contributed by atoms with Gasteiger partial charge in [-0.15, -0.1) is 0 Å². The molecule has 0 spiro atoms. The molecule has 2 N–H and O–H groups in total. The molecule has 16 nitrogen and oxygen atoms in total. The molecular weight excluding hydrogens is 1050 g/mol. The highest BCUT2D eigenvalue weighted by molar-refractivity contribution is 5.67. The third-order valence-corrected chi connectivity index (χ3v) is 22.5. The third-order valence-electron chi connectivity index (χ3n) is 22.5. The summed E-state index contributed by atoms with van der Waals surface area (Å²) in [4.78, 5) is 85.1. The lowest BCUT2D eigenvalue weighted by atomic mass is 9.75. The minimum atomic E-state index is -0.455. The maximum absolute atomic E-state index is 14.3. The minimum absolute atomic E-state index is 0.157. The number of carbonyl (C=O) groups excluding carboxylic acids is 2. The summed E-state index contributed by atoms with van der Waals surface area (Å²) in [5, 5.41) is 6.18. The van der Waals surface area contributed by atoms with Crippen LogP contribution in [0.5, 0.6) is 0 Å². The summed E-state index contributed by atoms with van der Waals surface area (Å²) in [6.07, 6.45) is 43.5. The first-order valence-electron chi connectivity index (χ1n) is 35.1.